The molecule has 1 aliphatic rings. The Labute approximate surface area is 99.3 Å². The number of benzene rings is 1. The first-order valence-electron chi connectivity index (χ1n) is 6.70. The van der Waals surface area contributed by atoms with Gasteiger partial charge in [-0.3, -0.25) is 0 Å². The third kappa shape index (κ3) is 2.85. The molecule has 0 spiro atoms. The minimum atomic E-state index is 0.690. The Morgan fingerprint density at radius 3 is 2.56 bits per heavy atom. The van der Waals surface area contributed by atoms with Crippen LogP contribution in [0.2, 0.25) is 0 Å². The van der Waals surface area contributed by atoms with Gasteiger partial charge in [-0.2, -0.15) is 0 Å². The maximum absolute atomic E-state index is 3.67. The fourth-order valence-corrected chi connectivity index (χ4v) is 2.91. The van der Waals surface area contributed by atoms with E-state index in [0.29, 0.717) is 6.04 Å². The first-order valence-corrected chi connectivity index (χ1v) is 6.70. The van der Waals surface area contributed by atoms with Crippen LogP contribution in [0.4, 0.5) is 0 Å². The molecule has 0 amide bonds. The molecule has 1 aromatic rings. The molecule has 0 aliphatic heterocycles. The second-order valence-electron chi connectivity index (χ2n) is 4.82. The summed E-state index contributed by atoms with van der Waals surface area (Å²) in [5, 5.41) is 3.67. The molecule has 88 valence electrons. The van der Waals surface area contributed by atoms with Crippen molar-refractivity contribution in [1.29, 1.82) is 0 Å². The summed E-state index contributed by atoms with van der Waals surface area (Å²) in [6.07, 6.45) is 6.88. The van der Waals surface area contributed by atoms with Crippen molar-refractivity contribution in [2.75, 3.05) is 6.54 Å². The van der Waals surface area contributed by atoms with Crippen LogP contribution in [-0.4, -0.2) is 12.6 Å². The Morgan fingerprint density at radius 2 is 1.81 bits per heavy atom. The van der Waals surface area contributed by atoms with Crippen LogP contribution >= 0.6 is 0 Å². The number of nitrogens with one attached hydrogen (secondary N) is 1. The minimum absolute atomic E-state index is 0.690. The molecule has 0 saturated heterocycles. The number of rotatable bonds is 3. The smallest absolute Gasteiger partial charge is 0.0136 e. The standard InChI is InChI=1S/C15H23N/c1-2-16-15-12-8-4-7-11-14(15)13-9-5-3-6-10-13/h3,5-6,9-10,14-16H,2,4,7-8,11-12H2,1H3. The molecule has 1 nitrogen and oxygen atoms in total. The van der Waals surface area contributed by atoms with Crippen LogP contribution in [0, 0.1) is 0 Å². The van der Waals surface area contributed by atoms with Gasteiger partial charge in [0.05, 0.1) is 0 Å². The van der Waals surface area contributed by atoms with Crippen molar-refractivity contribution in [3.63, 3.8) is 0 Å². The maximum Gasteiger partial charge on any atom is 0.0136 e. The fourth-order valence-electron chi connectivity index (χ4n) is 2.91. The van der Waals surface area contributed by atoms with E-state index in [1.807, 2.05) is 0 Å². The van der Waals surface area contributed by atoms with Crippen molar-refractivity contribution in [3.05, 3.63) is 35.9 Å². The monoisotopic (exact) mass is 217 g/mol. The zero-order chi connectivity index (χ0) is 11.2. The molecular weight excluding hydrogens is 194 g/mol. The fraction of sp³-hybridized carbons (Fsp3) is 0.600. The second-order valence-corrected chi connectivity index (χ2v) is 4.82. The van der Waals surface area contributed by atoms with Crippen molar-refractivity contribution in [2.24, 2.45) is 0 Å². The van der Waals surface area contributed by atoms with E-state index in [1.54, 1.807) is 0 Å². The molecule has 2 atom stereocenters. The molecule has 0 radical (unpaired) electrons. The van der Waals surface area contributed by atoms with Crippen LogP contribution in [-0.2, 0) is 0 Å². The Balaban J connectivity index is 2.14. The van der Waals surface area contributed by atoms with Gasteiger partial charge in [-0.25, -0.2) is 0 Å². The number of hydrogen-bond acceptors (Lipinski definition) is 1. The summed E-state index contributed by atoms with van der Waals surface area (Å²) in [6, 6.07) is 11.7. The molecule has 0 bridgehead atoms. The SMILES string of the molecule is CCNC1CCCCCC1c1ccccc1. The normalized spacial score (nSPS) is 26.3. The highest BCUT2D eigenvalue weighted by Gasteiger charge is 2.23. The van der Waals surface area contributed by atoms with Gasteiger partial charge >= 0.3 is 0 Å². The Hall–Kier alpha value is -0.820. The molecule has 1 fully saturated rings. The zero-order valence-electron chi connectivity index (χ0n) is 10.3. The van der Waals surface area contributed by atoms with Gasteiger partial charge in [-0.05, 0) is 30.9 Å². The summed E-state index contributed by atoms with van der Waals surface area (Å²) < 4.78 is 0. The molecular formula is C15H23N. The highest BCUT2D eigenvalue weighted by molar-refractivity contribution is 5.21. The second kappa shape index (κ2) is 6.05. The summed E-state index contributed by atoms with van der Waals surface area (Å²) in [7, 11) is 0. The van der Waals surface area contributed by atoms with Gasteiger partial charge in [-0.15, -0.1) is 0 Å². The lowest BCUT2D eigenvalue weighted by Gasteiger charge is -2.26. The topological polar surface area (TPSA) is 12.0 Å². The zero-order valence-corrected chi connectivity index (χ0v) is 10.3. The van der Waals surface area contributed by atoms with E-state index in [9.17, 15) is 0 Å². The highest BCUT2D eigenvalue weighted by Crippen LogP contribution is 2.31. The van der Waals surface area contributed by atoms with Gasteiger partial charge in [0.1, 0.15) is 0 Å². The van der Waals surface area contributed by atoms with E-state index in [0.717, 1.165) is 12.5 Å². The van der Waals surface area contributed by atoms with Crippen LogP contribution in [0.15, 0.2) is 30.3 Å². The van der Waals surface area contributed by atoms with Gasteiger partial charge in [-0.1, -0.05) is 56.5 Å². The molecule has 16 heavy (non-hydrogen) atoms. The van der Waals surface area contributed by atoms with E-state index in [2.05, 4.69) is 42.6 Å². The first-order chi connectivity index (χ1) is 7.92. The Morgan fingerprint density at radius 1 is 1.06 bits per heavy atom. The summed E-state index contributed by atoms with van der Waals surface area (Å²) in [4.78, 5) is 0. The van der Waals surface area contributed by atoms with E-state index in [-0.39, 0.29) is 0 Å². The van der Waals surface area contributed by atoms with Crippen LogP contribution < -0.4 is 5.32 Å². The van der Waals surface area contributed by atoms with E-state index in [4.69, 9.17) is 0 Å². The summed E-state index contributed by atoms with van der Waals surface area (Å²) >= 11 is 0. The predicted octanol–water partition coefficient (Wildman–Crippen LogP) is 3.71. The lowest BCUT2D eigenvalue weighted by molar-refractivity contribution is 0.419. The molecule has 1 aromatic carbocycles. The largest absolute Gasteiger partial charge is 0.314 e. The highest BCUT2D eigenvalue weighted by atomic mass is 14.9. The quantitative estimate of drug-likeness (QED) is 0.761. The van der Waals surface area contributed by atoms with Gasteiger partial charge in [0, 0.05) is 6.04 Å². The van der Waals surface area contributed by atoms with E-state index >= 15 is 0 Å². The van der Waals surface area contributed by atoms with Crippen molar-refractivity contribution in [2.45, 2.75) is 51.0 Å². The minimum Gasteiger partial charge on any atom is -0.314 e. The molecule has 1 saturated carbocycles. The lowest BCUT2D eigenvalue weighted by Crippen LogP contribution is -2.34. The van der Waals surface area contributed by atoms with Crippen LogP contribution in [0.5, 0.6) is 0 Å². The van der Waals surface area contributed by atoms with Crippen molar-refractivity contribution >= 4 is 0 Å². The summed E-state index contributed by atoms with van der Waals surface area (Å²) in [6.45, 7) is 3.31. The summed E-state index contributed by atoms with van der Waals surface area (Å²) in [5.41, 5.74) is 1.52. The third-order valence-corrected chi connectivity index (χ3v) is 3.71. The molecule has 1 heteroatoms. The predicted molar refractivity (Wildman–Crippen MR) is 69.7 cm³/mol. The third-order valence-electron chi connectivity index (χ3n) is 3.71. The summed E-state index contributed by atoms with van der Waals surface area (Å²) in [5.74, 6) is 0.726. The maximum atomic E-state index is 3.67. The number of hydrogen-bond donors (Lipinski definition) is 1. The molecule has 2 unspecified atom stereocenters. The van der Waals surface area contributed by atoms with Crippen molar-refractivity contribution in [1.82, 2.24) is 5.32 Å². The van der Waals surface area contributed by atoms with Crippen molar-refractivity contribution in [3.8, 4) is 0 Å². The Kier molecular flexibility index (Phi) is 4.41. The van der Waals surface area contributed by atoms with E-state index < -0.39 is 0 Å². The average molecular weight is 217 g/mol. The number of likely N-dealkylation sites (N-methyl/N-ethyl adjacent to an activating group) is 1. The van der Waals surface area contributed by atoms with Crippen LogP contribution in [0.25, 0.3) is 0 Å². The average Bonchev–Trinajstić information content (AvgIpc) is 2.56. The lowest BCUT2D eigenvalue weighted by atomic mass is 9.87. The van der Waals surface area contributed by atoms with Crippen molar-refractivity contribution < 1.29 is 0 Å². The van der Waals surface area contributed by atoms with Gasteiger partial charge in [0.25, 0.3) is 0 Å². The van der Waals surface area contributed by atoms with Gasteiger partial charge in [0.15, 0.2) is 0 Å². The first kappa shape index (κ1) is 11.7. The van der Waals surface area contributed by atoms with Crippen LogP contribution in [0.3, 0.4) is 0 Å². The molecule has 0 heterocycles. The van der Waals surface area contributed by atoms with Crippen LogP contribution in [0.1, 0.15) is 50.5 Å². The van der Waals surface area contributed by atoms with Gasteiger partial charge < -0.3 is 5.32 Å². The molecule has 0 aromatic heterocycles. The van der Waals surface area contributed by atoms with E-state index in [1.165, 1.54) is 37.7 Å². The molecule has 1 N–H and O–H groups in total. The molecule has 2 rings (SSSR count). The Bertz CT molecular complexity index is 294. The van der Waals surface area contributed by atoms with Gasteiger partial charge in [0.2, 0.25) is 0 Å². The molecule has 1 aliphatic carbocycles.